The van der Waals surface area contributed by atoms with Crippen LogP contribution in [0.5, 0.6) is 0 Å². The Morgan fingerprint density at radius 3 is 2.89 bits per heavy atom. The molecule has 6 heteroatoms. The number of rotatable bonds is 5. The summed E-state index contributed by atoms with van der Waals surface area (Å²) in [6.45, 7) is 2.54. The Hall–Kier alpha value is -1.61. The van der Waals surface area contributed by atoms with Crippen molar-refractivity contribution >= 4 is 27.5 Å². The molecule has 0 atom stereocenters. The van der Waals surface area contributed by atoms with Gasteiger partial charge in [-0.3, -0.25) is 4.79 Å². The Morgan fingerprint density at radius 1 is 1.56 bits per heavy atom. The number of hydrogen-bond donors (Lipinski definition) is 2. The van der Waals surface area contributed by atoms with Crippen LogP contribution in [0.2, 0.25) is 0 Å². The van der Waals surface area contributed by atoms with Gasteiger partial charge in [0.1, 0.15) is 6.07 Å². The smallest absolute Gasteiger partial charge is 0.239 e. The van der Waals surface area contributed by atoms with Crippen LogP contribution in [0.4, 0.5) is 10.1 Å². The molecule has 1 aromatic rings. The first-order valence-corrected chi connectivity index (χ1v) is 6.28. The van der Waals surface area contributed by atoms with Crippen molar-refractivity contribution in [2.75, 3.05) is 18.4 Å². The third-order valence-electron chi connectivity index (χ3n) is 2.21. The summed E-state index contributed by atoms with van der Waals surface area (Å²) in [5.41, 5.74) is 0.404. The maximum absolute atomic E-state index is 13.8. The first kappa shape index (κ1) is 14.5. The minimum absolute atomic E-state index is 0.00470. The fourth-order valence-electron chi connectivity index (χ4n) is 1.27. The molecule has 0 spiro atoms. The van der Waals surface area contributed by atoms with E-state index in [1.807, 2.05) is 13.0 Å². The molecule has 1 amide bonds. The second-order valence-electron chi connectivity index (χ2n) is 3.60. The predicted molar refractivity (Wildman–Crippen MR) is 70.6 cm³/mol. The van der Waals surface area contributed by atoms with Crippen molar-refractivity contribution in [2.24, 2.45) is 0 Å². The van der Waals surface area contributed by atoms with E-state index in [4.69, 9.17) is 5.26 Å². The van der Waals surface area contributed by atoms with E-state index >= 15 is 0 Å². The highest BCUT2D eigenvalue weighted by Gasteiger charge is 2.11. The molecule has 18 heavy (non-hydrogen) atoms. The van der Waals surface area contributed by atoms with Gasteiger partial charge in [-0.1, -0.05) is 6.92 Å². The molecule has 0 radical (unpaired) electrons. The number of nitriles is 1. The largest absolute Gasteiger partial charge is 0.374 e. The van der Waals surface area contributed by atoms with Crippen molar-refractivity contribution in [3.8, 4) is 6.07 Å². The van der Waals surface area contributed by atoms with Gasteiger partial charge >= 0.3 is 0 Å². The molecule has 1 rings (SSSR count). The Labute approximate surface area is 113 Å². The number of halogens is 2. The van der Waals surface area contributed by atoms with E-state index in [0.29, 0.717) is 6.54 Å². The Balaban J connectivity index is 2.67. The summed E-state index contributed by atoms with van der Waals surface area (Å²) in [5, 5.41) is 14.1. The van der Waals surface area contributed by atoms with Crippen molar-refractivity contribution in [3.63, 3.8) is 0 Å². The van der Waals surface area contributed by atoms with Gasteiger partial charge in [0.2, 0.25) is 5.91 Å². The highest BCUT2D eigenvalue weighted by Crippen LogP contribution is 2.26. The Kier molecular flexibility index (Phi) is 5.59. The number of carbonyl (C=O) groups is 1. The van der Waals surface area contributed by atoms with Crippen LogP contribution in [-0.2, 0) is 4.79 Å². The molecule has 4 nitrogen and oxygen atoms in total. The second kappa shape index (κ2) is 6.97. The molecule has 0 heterocycles. The van der Waals surface area contributed by atoms with Gasteiger partial charge in [-0.2, -0.15) is 5.26 Å². The van der Waals surface area contributed by atoms with E-state index in [1.165, 1.54) is 12.1 Å². The zero-order valence-electron chi connectivity index (χ0n) is 9.89. The maximum Gasteiger partial charge on any atom is 0.239 e. The molecule has 0 aromatic heterocycles. The lowest BCUT2D eigenvalue weighted by Crippen LogP contribution is -2.30. The fourth-order valence-corrected chi connectivity index (χ4v) is 1.71. The minimum atomic E-state index is -0.572. The van der Waals surface area contributed by atoms with Gasteiger partial charge in [-0.25, -0.2) is 4.39 Å². The average Bonchev–Trinajstić information content (AvgIpc) is 2.38. The number of nitrogens with zero attached hydrogens (tertiary/aromatic N) is 1. The summed E-state index contributed by atoms with van der Waals surface area (Å²) >= 11 is 3.00. The van der Waals surface area contributed by atoms with Gasteiger partial charge in [-0.15, -0.1) is 0 Å². The fraction of sp³-hybridized carbons (Fsp3) is 0.333. The lowest BCUT2D eigenvalue weighted by Gasteiger charge is -2.09. The minimum Gasteiger partial charge on any atom is -0.374 e. The first-order valence-electron chi connectivity index (χ1n) is 5.48. The molecule has 1 aromatic carbocycles. The second-order valence-corrected chi connectivity index (χ2v) is 4.40. The summed E-state index contributed by atoms with van der Waals surface area (Å²) < 4.78 is 13.9. The first-order chi connectivity index (χ1) is 8.60. The quantitative estimate of drug-likeness (QED) is 0.877. The lowest BCUT2D eigenvalue weighted by molar-refractivity contribution is -0.119. The summed E-state index contributed by atoms with van der Waals surface area (Å²) in [4.78, 5) is 11.3. The van der Waals surface area contributed by atoms with Crippen LogP contribution < -0.4 is 10.6 Å². The van der Waals surface area contributed by atoms with E-state index in [-0.39, 0.29) is 28.2 Å². The molecule has 0 saturated heterocycles. The zero-order chi connectivity index (χ0) is 13.5. The molecule has 0 aliphatic rings. The van der Waals surface area contributed by atoms with Crippen LogP contribution in [0.15, 0.2) is 16.6 Å². The van der Waals surface area contributed by atoms with Crippen molar-refractivity contribution in [1.82, 2.24) is 5.32 Å². The molecule has 0 saturated carbocycles. The highest BCUT2D eigenvalue weighted by molar-refractivity contribution is 9.10. The average molecular weight is 314 g/mol. The van der Waals surface area contributed by atoms with Crippen LogP contribution in [0.1, 0.15) is 18.9 Å². The van der Waals surface area contributed by atoms with Crippen LogP contribution in [-0.4, -0.2) is 19.0 Å². The van der Waals surface area contributed by atoms with Crippen molar-refractivity contribution in [1.29, 1.82) is 5.26 Å². The Bertz CT molecular complexity index is 485. The van der Waals surface area contributed by atoms with Gasteiger partial charge in [0.25, 0.3) is 0 Å². The third-order valence-corrected chi connectivity index (χ3v) is 2.99. The normalized spacial score (nSPS) is 9.67. The topological polar surface area (TPSA) is 64.9 Å². The molecule has 2 N–H and O–H groups in total. The monoisotopic (exact) mass is 313 g/mol. The number of benzene rings is 1. The molecule has 0 fully saturated rings. The van der Waals surface area contributed by atoms with Crippen LogP contribution >= 0.6 is 15.9 Å². The van der Waals surface area contributed by atoms with Gasteiger partial charge in [0.05, 0.1) is 22.3 Å². The summed E-state index contributed by atoms with van der Waals surface area (Å²) in [5.74, 6) is -0.769. The Morgan fingerprint density at radius 2 is 2.28 bits per heavy atom. The van der Waals surface area contributed by atoms with Gasteiger partial charge in [0, 0.05) is 6.54 Å². The maximum atomic E-state index is 13.8. The molecule has 0 bridgehead atoms. The van der Waals surface area contributed by atoms with Gasteiger partial charge < -0.3 is 10.6 Å². The van der Waals surface area contributed by atoms with E-state index in [0.717, 1.165) is 6.42 Å². The zero-order valence-corrected chi connectivity index (χ0v) is 11.5. The molecule has 0 aliphatic carbocycles. The molecule has 0 unspecified atom stereocenters. The summed E-state index contributed by atoms with van der Waals surface area (Å²) in [6, 6.07) is 4.78. The van der Waals surface area contributed by atoms with Crippen molar-refractivity contribution in [3.05, 3.63) is 28.0 Å². The van der Waals surface area contributed by atoms with Gasteiger partial charge in [-0.05, 0) is 34.5 Å². The summed E-state index contributed by atoms with van der Waals surface area (Å²) in [7, 11) is 0. The lowest BCUT2D eigenvalue weighted by atomic mass is 10.2. The van der Waals surface area contributed by atoms with Gasteiger partial charge in [0.15, 0.2) is 5.82 Å². The number of hydrogen-bond acceptors (Lipinski definition) is 3. The number of anilines is 1. The number of carbonyl (C=O) groups excluding carboxylic acids is 1. The molecular formula is C12H13BrFN3O. The SMILES string of the molecule is CCCNC(=O)CNc1ccc(C#N)c(Br)c1F. The van der Waals surface area contributed by atoms with E-state index in [2.05, 4.69) is 26.6 Å². The van der Waals surface area contributed by atoms with E-state index in [1.54, 1.807) is 0 Å². The third kappa shape index (κ3) is 3.70. The standard InChI is InChI=1S/C12H13BrFN3O/c1-2-5-16-10(18)7-17-9-4-3-8(6-15)11(13)12(9)14/h3-4,17H,2,5,7H2,1H3,(H,16,18). The molecule has 0 aliphatic heterocycles. The number of amides is 1. The summed E-state index contributed by atoms with van der Waals surface area (Å²) in [6.07, 6.45) is 0.850. The highest BCUT2D eigenvalue weighted by atomic mass is 79.9. The molecule has 96 valence electrons. The predicted octanol–water partition coefficient (Wildman–Crippen LogP) is 2.40. The van der Waals surface area contributed by atoms with E-state index < -0.39 is 5.82 Å². The van der Waals surface area contributed by atoms with Crippen LogP contribution in [0.3, 0.4) is 0 Å². The number of nitrogens with one attached hydrogen (secondary N) is 2. The van der Waals surface area contributed by atoms with Crippen molar-refractivity contribution in [2.45, 2.75) is 13.3 Å². The molecular weight excluding hydrogens is 301 g/mol. The van der Waals surface area contributed by atoms with Crippen LogP contribution in [0, 0.1) is 17.1 Å². The van der Waals surface area contributed by atoms with Crippen molar-refractivity contribution < 1.29 is 9.18 Å². The van der Waals surface area contributed by atoms with Crippen LogP contribution in [0.25, 0.3) is 0 Å². The van der Waals surface area contributed by atoms with E-state index in [9.17, 15) is 9.18 Å².